The summed E-state index contributed by atoms with van der Waals surface area (Å²) in [5.41, 5.74) is 4.94. The van der Waals surface area contributed by atoms with E-state index in [-0.39, 0.29) is 18.0 Å². The number of ether oxygens (including phenoxy) is 2. The molecule has 0 saturated heterocycles. The van der Waals surface area contributed by atoms with Gasteiger partial charge in [-0.2, -0.15) is 0 Å². The van der Waals surface area contributed by atoms with Crippen molar-refractivity contribution in [2.24, 2.45) is 5.41 Å². The van der Waals surface area contributed by atoms with Crippen molar-refractivity contribution in [1.29, 1.82) is 0 Å². The van der Waals surface area contributed by atoms with E-state index in [9.17, 15) is 14.4 Å². The number of carbonyl (C=O) groups excluding carboxylic acids is 3. The van der Waals surface area contributed by atoms with Crippen LogP contribution in [0.5, 0.6) is 0 Å². The zero-order valence-electron chi connectivity index (χ0n) is 24.7. The van der Waals surface area contributed by atoms with Crippen LogP contribution in [0.4, 0.5) is 0 Å². The molecule has 0 bridgehead atoms. The van der Waals surface area contributed by atoms with Crippen molar-refractivity contribution < 1.29 is 23.9 Å². The SMILES string of the molecule is CCCCCCCCCC(=O)OCC(=O)COC(=O)C=C(C)C=CC=C(C)C=CC1=C(C)CCCC1(C)C. The van der Waals surface area contributed by atoms with Crippen LogP contribution in [-0.2, 0) is 23.9 Å². The minimum absolute atomic E-state index is 0.213. The van der Waals surface area contributed by atoms with Gasteiger partial charge in [0.25, 0.3) is 0 Å². The molecule has 212 valence electrons. The number of rotatable bonds is 17. The van der Waals surface area contributed by atoms with Crippen molar-refractivity contribution in [3.63, 3.8) is 0 Å². The molecule has 0 fully saturated rings. The molecule has 1 rings (SSSR count). The first-order valence-electron chi connectivity index (χ1n) is 14.3. The van der Waals surface area contributed by atoms with Gasteiger partial charge in [0.1, 0.15) is 0 Å². The Hall–Kier alpha value is -2.69. The number of hydrogen-bond donors (Lipinski definition) is 0. The Labute approximate surface area is 231 Å². The Balaban J connectivity index is 2.34. The van der Waals surface area contributed by atoms with Crippen LogP contribution in [0.2, 0.25) is 0 Å². The molecule has 5 nitrogen and oxygen atoms in total. The lowest BCUT2D eigenvalue weighted by Gasteiger charge is -2.32. The van der Waals surface area contributed by atoms with Gasteiger partial charge in [0.2, 0.25) is 5.78 Å². The van der Waals surface area contributed by atoms with Gasteiger partial charge >= 0.3 is 11.9 Å². The van der Waals surface area contributed by atoms with Gasteiger partial charge in [-0.1, -0.05) is 101 Å². The molecule has 0 heterocycles. The average Bonchev–Trinajstić information content (AvgIpc) is 2.85. The molecule has 0 N–H and O–H groups in total. The third kappa shape index (κ3) is 14.9. The molecule has 0 spiro atoms. The summed E-state index contributed by atoms with van der Waals surface area (Å²) in [5.74, 6) is -1.42. The van der Waals surface area contributed by atoms with E-state index in [1.165, 1.54) is 62.2 Å². The van der Waals surface area contributed by atoms with Crippen LogP contribution in [0.15, 0.2) is 58.7 Å². The van der Waals surface area contributed by atoms with Crippen LogP contribution < -0.4 is 0 Å². The predicted molar refractivity (Wildman–Crippen MR) is 156 cm³/mol. The Morgan fingerprint density at radius 1 is 0.895 bits per heavy atom. The highest BCUT2D eigenvalue weighted by Gasteiger charge is 2.26. The molecule has 1 aliphatic carbocycles. The number of hydrogen-bond acceptors (Lipinski definition) is 5. The molecular weight excluding hydrogens is 476 g/mol. The van der Waals surface area contributed by atoms with Gasteiger partial charge in [-0.05, 0) is 63.0 Å². The topological polar surface area (TPSA) is 69.7 Å². The average molecular weight is 527 g/mol. The molecule has 38 heavy (non-hydrogen) atoms. The van der Waals surface area contributed by atoms with Crippen LogP contribution in [0.3, 0.4) is 0 Å². The van der Waals surface area contributed by atoms with Crippen molar-refractivity contribution >= 4 is 17.7 Å². The van der Waals surface area contributed by atoms with Crippen molar-refractivity contribution in [2.45, 2.75) is 112 Å². The second-order valence-corrected chi connectivity index (χ2v) is 11.1. The van der Waals surface area contributed by atoms with E-state index >= 15 is 0 Å². The minimum atomic E-state index is -0.600. The lowest BCUT2D eigenvalue weighted by atomic mass is 9.72. The fourth-order valence-corrected chi connectivity index (χ4v) is 4.56. The summed E-state index contributed by atoms with van der Waals surface area (Å²) in [6.45, 7) is 12.1. The maximum absolute atomic E-state index is 12.0. The second-order valence-electron chi connectivity index (χ2n) is 11.1. The fraction of sp³-hybridized carbons (Fsp3) is 0.606. The molecule has 0 amide bonds. The Morgan fingerprint density at radius 2 is 1.55 bits per heavy atom. The number of carbonyl (C=O) groups is 3. The fourth-order valence-electron chi connectivity index (χ4n) is 4.56. The smallest absolute Gasteiger partial charge is 0.331 e. The van der Waals surface area contributed by atoms with E-state index in [1.807, 2.05) is 25.2 Å². The van der Waals surface area contributed by atoms with E-state index in [2.05, 4.69) is 39.8 Å². The van der Waals surface area contributed by atoms with E-state index < -0.39 is 18.4 Å². The van der Waals surface area contributed by atoms with Gasteiger partial charge in [-0.25, -0.2) is 4.79 Å². The van der Waals surface area contributed by atoms with Crippen molar-refractivity contribution in [1.82, 2.24) is 0 Å². The lowest BCUT2D eigenvalue weighted by molar-refractivity contribution is -0.151. The summed E-state index contributed by atoms with van der Waals surface area (Å²) in [5, 5.41) is 0. The van der Waals surface area contributed by atoms with Crippen molar-refractivity contribution in [3.8, 4) is 0 Å². The summed E-state index contributed by atoms with van der Waals surface area (Å²) in [6.07, 6.45) is 23.2. The molecule has 5 heteroatoms. The molecule has 0 aromatic rings. The normalized spacial score (nSPS) is 16.4. The summed E-state index contributed by atoms with van der Waals surface area (Å²) < 4.78 is 9.99. The minimum Gasteiger partial charge on any atom is -0.458 e. The Bertz CT molecular complexity index is 927. The van der Waals surface area contributed by atoms with Crippen molar-refractivity contribution in [2.75, 3.05) is 13.2 Å². The Morgan fingerprint density at radius 3 is 2.24 bits per heavy atom. The van der Waals surface area contributed by atoms with E-state index in [1.54, 1.807) is 6.92 Å². The molecule has 0 radical (unpaired) electrons. The zero-order valence-corrected chi connectivity index (χ0v) is 24.7. The van der Waals surface area contributed by atoms with E-state index in [4.69, 9.17) is 9.47 Å². The number of esters is 2. The summed E-state index contributed by atoms with van der Waals surface area (Å²) in [6, 6.07) is 0. The van der Waals surface area contributed by atoms with Crippen LogP contribution in [0.25, 0.3) is 0 Å². The first kappa shape index (κ1) is 33.3. The number of Topliss-reactive ketones (excluding diaryl/α,β-unsaturated/α-hetero) is 1. The summed E-state index contributed by atoms with van der Waals surface area (Å²) >= 11 is 0. The first-order chi connectivity index (χ1) is 18.0. The summed E-state index contributed by atoms with van der Waals surface area (Å²) in [4.78, 5) is 35.7. The van der Waals surface area contributed by atoms with Crippen LogP contribution in [0, 0.1) is 5.41 Å². The first-order valence-corrected chi connectivity index (χ1v) is 14.3. The molecule has 0 atom stereocenters. The molecule has 0 aliphatic heterocycles. The monoisotopic (exact) mass is 526 g/mol. The maximum atomic E-state index is 12.0. The third-order valence-electron chi connectivity index (χ3n) is 6.87. The third-order valence-corrected chi connectivity index (χ3v) is 6.87. The van der Waals surface area contributed by atoms with Gasteiger partial charge in [-0.3, -0.25) is 9.59 Å². The number of ketones is 1. The van der Waals surface area contributed by atoms with Gasteiger partial charge in [-0.15, -0.1) is 0 Å². The number of allylic oxidation sites excluding steroid dienone is 9. The van der Waals surface area contributed by atoms with Crippen LogP contribution in [-0.4, -0.2) is 30.9 Å². The predicted octanol–water partition coefficient (Wildman–Crippen LogP) is 8.31. The van der Waals surface area contributed by atoms with Crippen LogP contribution >= 0.6 is 0 Å². The molecule has 0 saturated carbocycles. The quantitative estimate of drug-likeness (QED) is 0.0825. The maximum Gasteiger partial charge on any atom is 0.331 e. The van der Waals surface area contributed by atoms with Gasteiger partial charge in [0.05, 0.1) is 0 Å². The molecular formula is C33H50O5. The van der Waals surface area contributed by atoms with Gasteiger partial charge in [0.15, 0.2) is 13.2 Å². The molecule has 0 aromatic heterocycles. The van der Waals surface area contributed by atoms with Gasteiger partial charge < -0.3 is 9.47 Å². The van der Waals surface area contributed by atoms with E-state index in [0.29, 0.717) is 12.0 Å². The highest BCUT2D eigenvalue weighted by atomic mass is 16.6. The largest absolute Gasteiger partial charge is 0.458 e. The van der Waals surface area contributed by atoms with Crippen LogP contribution in [0.1, 0.15) is 112 Å². The van der Waals surface area contributed by atoms with Crippen molar-refractivity contribution in [3.05, 3.63) is 58.7 Å². The number of unbranched alkanes of at least 4 members (excludes halogenated alkanes) is 6. The standard InChI is InChI=1S/C33H50O5/c1-7-8-9-10-11-12-13-19-31(35)37-24-29(34)25-38-32(36)23-27(3)17-14-16-26(2)20-21-30-28(4)18-15-22-33(30,5)6/h14,16-17,20-21,23H,7-13,15,18-19,22,24-25H2,1-6H3. The zero-order chi connectivity index (χ0) is 28.4. The lowest BCUT2D eigenvalue weighted by Crippen LogP contribution is -2.20. The Kier molecular flexibility index (Phi) is 16.3. The highest BCUT2D eigenvalue weighted by molar-refractivity contribution is 5.88. The van der Waals surface area contributed by atoms with Gasteiger partial charge in [0, 0.05) is 12.5 Å². The highest BCUT2D eigenvalue weighted by Crippen LogP contribution is 2.40. The summed E-state index contributed by atoms with van der Waals surface area (Å²) in [7, 11) is 0. The molecule has 0 aromatic carbocycles. The molecule has 1 aliphatic rings. The molecule has 0 unspecified atom stereocenters. The second kappa shape index (κ2) is 18.5. The van der Waals surface area contributed by atoms with E-state index in [0.717, 1.165) is 24.8 Å².